The van der Waals surface area contributed by atoms with E-state index in [1.165, 1.54) is 4.90 Å². The second kappa shape index (κ2) is 11.2. The molecule has 2 aliphatic rings. The average molecular weight is 551 g/mol. The molecule has 216 valence electrons. The summed E-state index contributed by atoms with van der Waals surface area (Å²) in [5, 5.41) is 26.6. The number of rotatable bonds is 9. The summed E-state index contributed by atoms with van der Waals surface area (Å²) in [7, 11) is 1.60. The van der Waals surface area contributed by atoms with Gasteiger partial charge in [0.05, 0.1) is 18.5 Å². The molecule has 2 aliphatic heterocycles. The van der Waals surface area contributed by atoms with Gasteiger partial charge in [0.25, 0.3) is 5.91 Å². The van der Waals surface area contributed by atoms with Crippen LogP contribution in [0, 0.1) is 5.41 Å². The van der Waals surface area contributed by atoms with Crippen LogP contribution in [-0.4, -0.2) is 58.2 Å². The lowest BCUT2D eigenvalue weighted by Crippen LogP contribution is -2.62. The molecule has 1 fully saturated rings. The van der Waals surface area contributed by atoms with Crippen molar-refractivity contribution < 1.29 is 24.2 Å². The summed E-state index contributed by atoms with van der Waals surface area (Å²) in [6.45, 7) is 9.68. The molecule has 2 heterocycles. The number of nitrogens with zero attached hydrogens (tertiary/aromatic N) is 1. The van der Waals surface area contributed by atoms with Crippen molar-refractivity contribution in [3.05, 3.63) is 65.2 Å². The molecule has 9 heteroatoms. The van der Waals surface area contributed by atoms with Crippen LogP contribution in [0.25, 0.3) is 0 Å². The van der Waals surface area contributed by atoms with Gasteiger partial charge in [-0.2, -0.15) is 0 Å². The van der Waals surface area contributed by atoms with Crippen LogP contribution >= 0.6 is 0 Å². The monoisotopic (exact) mass is 550 g/mol. The average Bonchev–Trinajstić information content (AvgIpc) is 2.92. The van der Waals surface area contributed by atoms with Gasteiger partial charge >= 0.3 is 0 Å². The van der Waals surface area contributed by atoms with E-state index in [1.807, 2.05) is 44.2 Å². The standard InChI is InChI=1S/C31H42N4O5/c1-7-31(8-2)19-25(36)35(28(32)34-31)23(16-17-39-6)20-12-11-13-21(18-20)27(37)33-26-22-14-9-10-15-24(22)40-29(3,4)30(26,5)38/h9-15,18,23,26,38H,7-8,16-17,19H2,1-6H3,(H2,32,34)(H,33,37)/t23-,26?,30?/m1/s1. The van der Waals surface area contributed by atoms with Gasteiger partial charge in [0.2, 0.25) is 5.91 Å². The first-order valence-corrected chi connectivity index (χ1v) is 14.0. The van der Waals surface area contributed by atoms with Crippen molar-refractivity contribution >= 4 is 17.8 Å². The summed E-state index contributed by atoms with van der Waals surface area (Å²) in [6.07, 6.45) is 2.22. The molecule has 4 N–H and O–H groups in total. The second-order valence-corrected chi connectivity index (χ2v) is 11.5. The molecule has 40 heavy (non-hydrogen) atoms. The summed E-state index contributed by atoms with van der Waals surface area (Å²) in [5.41, 5.74) is -0.976. The van der Waals surface area contributed by atoms with Crippen molar-refractivity contribution in [1.29, 1.82) is 5.41 Å². The molecule has 0 saturated carbocycles. The number of amides is 2. The van der Waals surface area contributed by atoms with Gasteiger partial charge in [-0.1, -0.05) is 44.2 Å². The molecule has 0 radical (unpaired) electrons. The quantitative estimate of drug-likeness (QED) is 0.365. The normalized spacial score (nSPS) is 24.0. The van der Waals surface area contributed by atoms with E-state index in [0.717, 1.165) is 18.4 Å². The van der Waals surface area contributed by atoms with Crippen molar-refractivity contribution in [2.24, 2.45) is 0 Å². The highest BCUT2D eigenvalue weighted by molar-refractivity contribution is 6.00. The Morgan fingerprint density at radius 1 is 1.20 bits per heavy atom. The molecule has 3 atom stereocenters. The molecule has 0 aromatic heterocycles. The first kappa shape index (κ1) is 29.6. The number of ether oxygens (including phenoxy) is 2. The second-order valence-electron chi connectivity index (χ2n) is 11.5. The van der Waals surface area contributed by atoms with Crippen LogP contribution in [0.15, 0.2) is 48.5 Å². The molecule has 0 bridgehead atoms. The summed E-state index contributed by atoms with van der Waals surface area (Å²) >= 11 is 0. The molecule has 4 rings (SSSR count). The van der Waals surface area contributed by atoms with Crippen LogP contribution in [0.4, 0.5) is 0 Å². The zero-order valence-corrected chi connectivity index (χ0v) is 24.3. The maximum absolute atomic E-state index is 13.7. The van der Waals surface area contributed by atoms with Crippen molar-refractivity contribution in [1.82, 2.24) is 15.5 Å². The van der Waals surface area contributed by atoms with Crippen molar-refractivity contribution in [3.63, 3.8) is 0 Å². The largest absolute Gasteiger partial charge is 0.484 e. The van der Waals surface area contributed by atoms with Crippen molar-refractivity contribution in [2.75, 3.05) is 13.7 Å². The number of hydrogen-bond acceptors (Lipinski definition) is 6. The zero-order valence-electron chi connectivity index (χ0n) is 24.3. The number of fused-ring (bicyclic) bond motifs is 1. The Labute approximate surface area is 236 Å². The summed E-state index contributed by atoms with van der Waals surface area (Å²) in [4.78, 5) is 28.6. The molecule has 2 aromatic carbocycles. The number of nitrogens with one attached hydrogen (secondary N) is 3. The maximum Gasteiger partial charge on any atom is 0.251 e. The SMILES string of the molecule is CCC1(CC)CC(=O)N([C@H](CCOC)c2cccc(C(=O)NC3c4ccccc4OC(C)(C)C3(C)O)c2)C(=N)N1. The molecule has 1 saturated heterocycles. The molecular formula is C31H42N4O5. The Hall–Kier alpha value is -3.43. The van der Waals surface area contributed by atoms with Crippen LogP contribution in [0.5, 0.6) is 5.75 Å². The topological polar surface area (TPSA) is 124 Å². The lowest BCUT2D eigenvalue weighted by molar-refractivity contribution is -0.137. The summed E-state index contributed by atoms with van der Waals surface area (Å²) < 4.78 is 11.4. The van der Waals surface area contributed by atoms with Gasteiger partial charge in [-0.3, -0.25) is 19.9 Å². The molecule has 0 spiro atoms. The Kier molecular flexibility index (Phi) is 8.28. The third-order valence-corrected chi connectivity index (χ3v) is 8.83. The van der Waals surface area contributed by atoms with Gasteiger partial charge in [-0.05, 0) is 63.8 Å². The Morgan fingerprint density at radius 2 is 1.90 bits per heavy atom. The van der Waals surface area contributed by atoms with Crippen LogP contribution in [-0.2, 0) is 9.53 Å². The summed E-state index contributed by atoms with van der Waals surface area (Å²) in [5.74, 6) is 0.190. The number of carbonyl (C=O) groups is 2. The number of para-hydroxylation sites is 1. The number of methoxy groups -OCH3 is 1. The number of hydrogen-bond donors (Lipinski definition) is 4. The van der Waals surface area contributed by atoms with Crippen molar-refractivity contribution in [2.45, 2.75) is 89.1 Å². The van der Waals surface area contributed by atoms with Gasteiger partial charge in [0.15, 0.2) is 5.96 Å². The van der Waals surface area contributed by atoms with Gasteiger partial charge in [-0.25, -0.2) is 0 Å². The van der Waals surface area contributed by atoms with Gasteiger partial charge < -0.3 is 25.2 Å². The fourth-order valence-electron chi connectivity index (χ4n) is 5.70. The Bertz CT molecular complexity index is 1250. The molecular weight excluding hydrogens is 508 g/mol. The fourth-order valence-corrected chi connectivity index (χ4v) is 5.70. The van der Waals surface area contributed by atoms with E-state index in [1.54, 1.807) is 46.1 Å². The fraction of sp³-hybridized carbons (Fsp3) is 0.516. The molecule has 2 amide bonds. The highest BCUT2D eigenvalue weighted by Gasteiger charge is 2.53. The lowest BCUT2D eigenvalue weighted by atomic mass is 9.75. The van der Waals surface area contributed by atoms with Crippen molar-refractivity contribution in [3.8, 4) is 5.75 Å². The first-order valence-electron chi connectivity index (χ1n) is 14.0. The Balaban J connectivity index is 1.64. The van der Waals surface area contributed by atoms with Crippen LogP contribution in [0.3, 0.4) is 0 Å². The number of benzene rings is 2. The molecule has 2 unspecified atom stereocenters. The number of aliphatic hydroxyl groups is 1. The molecule has 0 aliphatic carbocycles. The lowest BCUT2D eigenvalue weighted by Gasteiger charge is -2.49. The maximum atomic E-state index is 13.7. The Morgan fingerprint density at radius 3 is 2.55 bits per heavy atom. The smallest absolute Gasteiger partial charge is 0.251 e. The zero-order chi connectivity index (χ0) is 29.3. The third-order valence-electron chi connectivity index (χ3n) is 8.83. The highest BCUT2D eigenvalue weighted by atomic mass is 16.5. The van der Waals surface area contributed by atoms with E-state index in [9.17, 15) is 14.7 Å². The predicted octanol–water partition coefficient (Wildman–Crippen LogP) is 4.47. The van der Waals surface area contributed by atoms with E-state index in [4.69, 9.17) is 14.9 Å². The first-order chi connectivity index (χ1) is 18.9. The minimum Gasteiger partial charge on any atom is -0.484 e. The van der Waals surface area contributed by atoms with Gasteiger partial charge in [0.1, 0.15) is 17.0 Å². The molecule has 2 aromatic rings. The highest BCUT2D eigenvalue weighted by Crippen LogP contribution is 2.46. The third kappa shape index (κ3) is 5.32. The van der Waals surface area contributed by atoms with E-state index in [2.05, 4.69) is 10.6 Å². The number of carbonyl (C=O) groups excluding carboxylic acids is 2. The van der Waals surface area contributed by atoms with Crippen LogP contribution in [0.1, 0.15) is 93.9 Å². The van der Waals surface area contributed by atoms with Gasteiger partial charge in [0, 0.05) is 30.4 Å². The molecule has 9 nitrogen and oxygen atoms in total. The van der Waals surface area contributed by atoms with E-state index in [0.29, 0.717) is 36.3 Å². The van der Waals surface area contributed by atoms with E-state index < -0.39 is 28.8 Å². The minimum absolute atomic E-state index is 0.0630. The summed E-state index contributed by atoms with van der Waals surface area (Å²) in [6, 6.07) is 13.3. The van der Waals surface area contributed by atoms with Gasteiger partial charge in [-0.15, -0.1) is 0 Å². The van der Waals surface area contributed by atoms with Crippen LogP contribution < -0.4 is 15.4 Å². The number of guanidine groups is 1. The van der Waals surface area contributed by atoms with Crippen LogP contribution in [0.2, 0.25) is 0 Å². The predicted molar refractivity (Wildman–Crippen MR) is 153 cm³/mol. The minimum atomic E-state index is -1.40. The van der Waals surface area contributed by atoms with E-state index >= 15 is 0 Å². The van der Waals surface area contributed by atoms with E-state index in [-0.39, 0.29) is 17.8 Å².